The highest BCUT2D eigenvalue weighted by Crippen LogP contribution is 2.29. The summed E-state index contributed by atoms with van der Waals surface area (Å²) < 4.78 is 53.5. The number of rotatable bonds is 15. The highest BCUT2D eigenvalue weighted by molar-refractivity contribution is 14.1. The first-order valence-electron chi connectivity index (χ1n) is 15.7. The van der Waals surface area contributed by atoms with Crippen LogP contribution >= 0.6 is 22.6 Å². The minimum absolute atomic E-state index is 0.0348. The van der Waals surface area contributed by atoms with Crippen molar-refractivity contribution in [3.63, 3.8) is 0 Å². The van der Waals surface area contributed by atoms with Gasteiger partial charge in [-0.2, -0.15) is 0 Å². The Hall–Kier alpha value is -4.96. The van der Waals surface area contributed by atoms with Crippen molar-refractivity contribution in [2.45, 2.75) is 41.9 Å². The van der Waals surface area contributed by atoms with E-state index >= 15 is 0 Å². The monoisotopic (exact) mass is 825 g/mol. The molecular weight excluding hydrogens is 785 g/mol. The van der Waals surface area contributed by atoms with Gasteiger partial charge in [-0.15, -0.1) is 0 Å². The molecule has 3 aromatic carbocycles. The molecule has 14 heteroatoms. The van der Waals surface area contributed by atoms with E-state index in [0.717, 1.165) is 21.1 Å². The van der Waals surface area contributed by atoms with Gasteiger partial charge in [-0.1, -0.05) is 98.5 Å². The third kappa shape index (κ3) is 11.3. The fraction of sp³-hybridized carbons (Fsp3) is 0.243. The predicted octanol–water partition coefficient (Wildman–Crippen LogP) is 6.07. The molecule has 1 heterocycles. The Morgan fingerprint density at radius 1 is 0.902 bits per heavy atom. The van der Waals surface area contributed by atoms with Crippen molar-refractivity contribution in [2.75, 3.05) is 20.3 Å². The lowest BCUT2D eigenvalue weighted by molar-refractivity contribution is -0.143. The van der Waals surface area contributed by atoms with Crippen molar-refractivity contribution >= 4 is 50.2 Å². The fourth-order valence-electron chi connectivity index (χ4n) is 4.44. The molecular formula is C37H40IN5O7S. The largest absolute Gasteiger partial charge is 0.493 e. The first-order chi connectivity index (χ1) is 24.3. The number of para-hydroxylation sites is 2. The zero-order valence-corrected chi connectivity index (χ0v) is 31.7. The lowest BCUT2D eigenvalue weighted by Gasteiger charge is -2.20. The summed E-state index contributed by atoms with van der Waals surface area (Å²) in [5.74, 6) is -0.910. The molecule has 0 aliphatic heterocycles. The van der Waals surface area contributed by atoms with Crippen LogP contribution in [0, 0.1) is 0 Å². The molecule has 0 saturated carbocycles. The summed E-state index contributed by atoms with van der Waals surface area (Å²) in [4.78, 5) is 25.4. The zero-order valence-electron chi connectivity index (χ0n) is 28.8. The summed E-state index contributed by atoms with van der Waals surface area (Å²) in [7, 11) is -2.78. The third-order valence-electron chi connectivity index (χ3n) is 7.17. The number of carbonyl (C=O) groups excluding carboxylic acids is 1. The second-order valence-corrected chi connectivity index (χ2v) is 14.5. The van der Waals surface area contributed by atoms with E-state index in [9.17, 15) is 13.2 Å². The molecule has 0 atom stereocenters. The molecule has 268 valence electrons. The second kappa shape index (κ2) is 17.8. The number of aliphatic imine (C=N–C) groups is 1. The lowest BCUT2D eigenvalue weighted by Crippen LogP contribution is -2.33. The SMILES string of the molecule is C=C(/N=C(OCCOC(=O)Cc1ccc(CI)cc1)\C(Oc1ccccc1OC)=C(/N)NS(=O)(=O)c1ccc(C(C)(C)C)cc1)c1ncccn1. The van der Waals surface area contributed by atoms with Crippen LogP contribution in [0.5, 0.6) is 11.5 Å². The van der Waals surface area contributed by atoms with Crippen molar-refractivity contribution in [1.82, 2.24) is 14.7 Å². The number of halogens is 1. The Bertz CT molecular complexity index is 1980. The van der Waals surface area contributed by atoms with Gasteiger partial charge in [-0.05, 0) is 52.4 Å². The van der Waals surface area contributed by atoms with E-state index in [2.05, 4.69) is 48.9 Å². The van der Waals surface area contributed by atoms with E-state index in [1.165, 1.54) is 31.6 Å². The lowest BCUT2D eigenvalue weighted by atomic mass is 9.87. The van der Waals surface area contributed by atoms with Gasteiger partial charge >= 0.3 is 5.97 Å². The van der Waals surface area contributed by atoms with Gasteiger partial charge in [0.15, 0.2) is 23.1 Å². The molecule has 3 N–H and O–H groups in total. The average molecular weight is 826 g/mol. The highest BCUT2D eigenvalue weighted by Gasteiger charge is 2.25. The number of nitrogens with zero attached hydrogens (tertiary/aromatic N) is 3. The Labute approximate surface area is 312 Å². The number of carbonyl (C=O) groups is 1. The standard InChI is InChI=1S/C37H40IN5O7S/c1-25(35-40-19-8-20-41-35)42-36(49-22-21-48-32(44)23-26-11-13-27(24-38)14-12-26)33(50-31-10-7-6-9-30(31)47-5)34(39)43-51(45,46)29-17-15-28(16-18-29)37(2,3)4/h6-20,43H,1,21-24,39H2,2-5H3/b34-33-,42-36+. The molecule has 0 saturated heterocycles. The number of benzene rings is 3. The topological polar surface area (TPSA) is 164 Å². The first kappa shape index (κ1) is 38.8. The smallest absolute Gasteiger partial charge is 0.310 e. The minimum Gasteiger partial charge on any atom is -0.493 e. The highest BCUT2D eigenvalue weighted by atomic mass is 127. The Morgan fingerprint density at radius 2 is 1.51 bits per heavy atom. The van der Waals surface area contributed by atoms with E-state index < -0.39 is 21.8 Å². The van der Waals surface area contributed by atoms with E-state index in [0.29, 0.717) is 5.75 Å². The molecule has 0 spiro atoms. The first-order valence-corrected chi connectivity index (χ1v) is 18.7. The maximum absolute atomic E-state index is 13.6. The van der Waals surface area contributed by atoms with E-state index in [-0.39, 0.29) is 58.9 Å². The van der Waals surface area contributed by atoms with Crippen LogP contribution in [0.2, 0.25) is 0 Å². The summed E-state index contributed by atoms with van der Waals surface area (Å²) in [5.41, 5.74) is 9.23. The van der Waals surface area contributed by atoms with E-state index in [1.54, 1.807) is 42.5 Å². The molecule has 0 radical (unpaired) electrons. The van der Waals surface area contributed by atoms with Crippen LogP contribution in [0.4, 0.5) is 0 Å². The third-order valence-corrected chi connectivity index (χ3v) is 9.43. The van der Waals surface area contributed by atoms with Crippen LogP contribution in [0.3, 0.4) is 0 Å². The molecule has 51 heavy (non-hydrogen) atoms. The Balaban J connectivity index is 1.67. The maximum atomic E-state index is 13.6. The van der Waals surface area contributed by atoms with Gasteiger partial charge in [0.1, 0.15) is 18.9 Å². The van der Waals surface area contributed by atoms with Crippen molar-refractivity contribution in [3.05, 3.63) is 132 Å². The molecule has 0 unspecified atom stereocenters. The van der Waals surface area contributed by atoms with Crippen LogP contribution in [0.1, 0.15) is 43.3 Å². The number of esters is 1. The molecule has 0 amide bonds. The quantitative estimate of drug-likeness (QED) is 0.0273. The second-order valence-electron chi connectivity index (χ2n) is 12.0. The van der Waals surface area contributed by atoms with Crippen LogP contribution < -0.4 is 19.9 Å². The fourth-order valence-corrected chi connectivity index (χ4v) is 5.94. The van der Waals surface area contributed by atoms with Crippen LogP contribution in [-0.2, 0) is 40.6 Å². The van der Waals surface area contributed by atoms with Gasteiger partial charge in [-0.3, -0.25) is 9.52 Å². The van der Waals surface area contributed by atoms with Crippen LogP contribution in [0.15, 0.2) is 119 Å². The number of nitrogens with two attached hydrogens (primary N) is 1. The average Bonchev–Trinajstić information content (AvgIpc) is 3.12. The summed E-state index contributed by atoms with van der Waals surface area (Å²) >= 11 is 2.27. The van der Waals surface area contributed by atoms with Gasteiger partial charge in [0.2, 0.25) is 5.76 Å². The number of alkyl halides is 1. The van der Waals surface area contributed by atoms with Crippen molar-refractivity contribution < 1.29 is 32.2 Å². The number of nitrogens with one attached hydrogen (secondary N) is 1. The van der Waals surface area contributed by atoms with Crippen LogP contribution in [-0.4, -0.2) is 50.6 Å². The van der Waals surface area contributed by atoms with Gasteiger partial charge < -0.3 is 24.7 Å². The molecule has 0 aliphatic rings. The molecule has 4 rings (SSSR count). The Morgan fingerprint density at radius 3 is 2.12 bits per heavy atom. The van der Waals surface area contributed by atoms with E-state index in [4.69, 9.17) is 24.7 Å². The molecule has 1 aromatic heterocycles. The van der Waals surface area contributed by atoms with Crippen LogP contribution in [0.25, 0.3) is 5.70 Å². The van der Waals surface area contributed by atoms with Gasteiger partial charge in [0, 0.05) is 16.8 Å². The summed E-state index contributed by atoms with van der Waals surface area (Å²) in [5, 5.41) is 0. The maximum Gasteiger partial charge on any atom is 0.310 e. The molecule has 0 bridgehead atoms. The number of hydrogen-bond acceptors (Lipinski definition) is 11. The number of ether oxygens (including phenoxy) is 4. The molecule has 4 aromatic rings. The predicted molar refractivity (Wildman–Crippen MR) is 204 cm³/mol. The Kier molecular flexibility index (Phi) is 13.6. The minimum atomic E-state index is -4.23. The molecule has 0 fully saturated rings. The number of aromatic nitrogens is 2. The summed E-state index contributed by atoms with van der Waals surface area (Å²) in [6.45, 7) is 9.64. The molecule has 12 nitrogen and oxygen atoms in total. The normalized spacial score (nSPS) is 12.4. The zero-order chi connectivity index (χ0) is 37.0. The summed E-state index contributed by atoms with van der Waals surface area (Å²) in [6, 6.07) is 22.4. The summed E-state index contributed by atoms with van der Waals surface area (Å²) in [6.07, 6.45) is 3.08. The number of sulfonamides is 1. The van der Waals surface area contributed by atoms with Gasteiger partial charge in [0.25, 0.3) is 15.9 Å². The van der Waals surface area contributed by atoms with Crippen molar-refractivity contribution in [3.8, 4) is 11.5 Å². The molecule has 0 aliphatic carbocycles. The van der Waals surface area contributed by atoms with E-state index in [1.807, 2.05) is 45.0 Å². The van der Waals surface area contributed by atoms with Crippen molar-refractivity contribution in [1.29, 1.82) is 0 Å². The van der Waals surface area contributed by atoms with Gasteiger partial charge in [0.05, 0.1) is 18.4 Å². The number of methoxy groups -OCH3 is 1. The van der Waals surface area contributed by atoms with Crippen molar-refractivity contribution in [2.24, 2.45) is 10.7 Å². The van der Waals surface area contributed by atoms with Gasteiger partial charge in [-0.25, -0.2) is 23.4 Å². The number of hydrogen-bond donors (Lipinski definition) is 2.